The first-order chi connectivity index (χ1) is 9.13. The molecular formula is C16H18O2S. The van der Waals surface area contributed by atoms with Crippen molar-refractivity contribution in [3.63, 3.8) is 0 Å². The number of thiophene rings is 1. The smallest absolute Gasteiger partial charge is 0.168 e. The van der Waals surface area contributed by atoms with Gasteiger partial charge in [-0.3, -0.25) is 4.79 Å². The van der Waals surface area contributed by atoms with Crippen LogP contribution in [-0.2, 0) is 12.8 Å². The van der Waals surface area contributed by atoms with Crippen LogP contribution in [0, 0.1) is 6.92 Å². The van der Waals surface area contributed by atoms with Crippen LogP contribution in [0.25, 0.3) is 0 Å². The van der Waals surface area contributed by atoms with Gasteiger partial charge in [0.05, 0.1) is 7.11 Å². The molecule has 19 heavy (non-hydrogen) atoms. The van der Waals surface area contributed by atoms with E-state index in [2.05, 4.69) is 13.0 Å². The largest absolute Gasteiger partial charge is 0.496 e. The number of aryl methyl sites for hydroxylation is 2. The van der Waals surface area contributed by atoms with Crippen LogP contribution in [-0.4, -0.2) is 12.9 Å². The molecule has 1 aromatic heterocycles. The number of carbonyl (C=O) groups excluding carboxylic acids is 1. The van der Waals surface area contributed by atoms with Gasteiger partial charge >= 0.3 is 0 Å². The van der Waals surface area contributed by atoms with Crippen LogP contribution in [0.2, 0.25) is 0 Å². The number of ketones is 1. The highest BCUT2D eigenvalue weighted by molar-refractivity contribution is 7.12. The van der Waals surface area contributed by atoms with Crippen LogP contribution < -0.4 is 4.74 Å². The van der Waals surface area contributed by atoms with Gasteiger partial charge in [-0.1, -0.05) is 19.1 Å². The van der Waals surface area contributed by atoms with E-state index in [4.69, 9.17) is 4.74 Å². The summed E-state index contributed by atoms with van der Waals surface area (Å²) < 4.78 is 5.26. The van der Waals surface area contributed by atoms with E-state index in [0.29, 0.717) is 12.0 Å². The standard InChI is InChI=1S/C16H18O2S/c1-4-13-7-8-14(19-13)10-15(17)12-6-5-11(2)16(9-12)18-3/h5-9H,4,10H2,1-3H3. The lowest BCUT2D eigenvalue weighted by atomic mass is 10.0. The molecule has 1 aromatic carbocycles. The molecule has 0 aliphatic rings. The summed E-state index contributed by atoms with van der Waals surface area (Å²) in [5, 5.41) is 0. The number of methoxy groups -OCH3 is 1. The molecule has 0 unspecified atom stereocenters. The van der Waals surface area contributed by atoms with Crippen molar-refractivity contribution in [1.29, 1.82) is 0 Å². The molecule has 0 atom stereocenters. The summed E-state index contributed by atoms with van der Waals surface area (Å²) in [6.45, 7) is 4.10. The maximum absolute atomic E-state index is 12.2. The monoisotopic (exact) mass is 274 g/mol. The molecular weight excluding hydrogens is 256 g/mol. The van der Waals surface area contributed by atoms with Gasteiger partial charge in [-0.15, -0.1) is 11.3 Å². The van der Waals surface area contributed by atoms with Gasteiger partial charge in [-0.25, -0.2) is 0 Å². The molecule has 0 saturated heterocycles. The molecule has 3 heteroatoms. The number of carbonyl (C=O) groups is 1. The predicted molar refractivity (Wildman–Crippen MR) is 79.5 cm³/mol. The van der Waals surface area contributed by atoms with Gasteiger partial charge in [0.25, 0.3) is 0 Å². The average molecular weight is 274 g/mol. The predicted octanol–water partition coefficient (Wildman–Crippen LogP) is 4.05. The summed E-state index contributed by atoms with van der Waals surface area (Å²) in [5.74, 6) is 0.911. The third-order valence-electron chi connectivity index (χ3n) is 3.13. The number of hydrogen-bond donors (Lipinski definition) is 0. The molecule has 2 aromatic rings. The lowest BCUT2D eigenvalue weighted by molar-refractivity contribution is 0.0993. The molecule has 0 saturated carbocycles. The zero-order valence-corrected chi connectivity index (χ0v) is 12.3. The second-order valence-corrected chi connectivity index (χ2v) is 5.76. The highest BCUT2D eigenvalue weighted by Gasteiger charge is 2.11. The Kier molecular flexibility index (Phi) is 4.38. The van der Waals surface area contributed by atoms with E-state index >= 15 is 0 Å². The lowest BCUT2D eigenvalue weighted by Gasteiger charge is -2.06. The van der Waals surface area contributed by atoms with Crippen LogP contribution in [0.4, 0.5) is 0 Å². The Morgan fingerprint density at radius 2 is 1.95 bits per heavy atom. The Labute approximate surface area is 118 Å². The Morgan fingerprint density at radius 3 is 2.58 bits per heavy atom. The van der Waals surface area contributed by atoms with E-state index in [1.807, 2.05) is 31.2 Å². The van der Waals surface area contributed by atoms with E-state index in [-0.39, 0.29) is 5.78 Å². The van der Waals surface area contributed by atoms with Crippen molar-refractivity contribution in [2.75, 3.05) is 7.11 Å². The quantitative estimate of drug-likeness (QED) is 0.769. The molecule has 100 valence electrons. The van der Waals surface area contributed by atoms with Crippen molar-refractivity contribution in [3.8, 4) is 5.75 Å². The van der Waals surface area contributed by atoms with Gasteiger partial charge < -0.3 is 4.74 Å². The number of benzene rings is 1. The number of ether oxygens (including phenoxy) is 1. The van der Waals surface area contributed by atoms with Crippen molar-refractivity contribution in [3.05, 3.63) is 51.2 Å². The summed E-state index contributed by atoms with van der Waals surface area (Å²) in [4.78, 5) is 14.7. The third-order valence-corrected chi connectivity index (χ3v) is 4.36. The fourth-order valence-corrected chi connectivity index (χ4v) is 2.92. The zero-order valence-electron chi connectivity index (χ0n) is 11.5. The van der Waals surface area contributed by atoms with Crippen LogP contribution in [0.1, 0.15) is 32.6 Å². The third kappa shape index (κ3) is 3.24. The molecule has 0 aliphatic carbocycles. The lowest BCUT2D eigenvalue weighted by Crippen LogP contribution is -2.03. The Bertz CT molecular complexity index is 584. The van der Waals surface area contributed by atoms with Crippen molar-refractivity contribution in [2.45, 2.75) is 26.7 Å². The summed E-state index contributed by atoms with van der Waals surface area (Å²) in [7, 11) is 1.63. The van der Waals surface area contributed by atoms with E-state index in [0.717, 1.165) is 22.6 Å². The van der Waals surface area contributed by atoms with Crippen molar-refractivity contribution < 1.29 is 9.53 Å². The van der Waals surface area contributed by atoms with Gasteiger partial charge in [0, 0.05) is 21.7 Å². The minimum atomic E-state index is 0.141. The summed E-state index contributed by atoms with van der Waals surface area (Å²) in [6, 6.07) is 9.77. The summed E-state index contributed by atoms with van der Waals surface area (Å²) in [5.41, 5.74) is 1.76. The molecule has 0 spiro atoms. The van der Waals surface area contributed by atoms with Gasteiger partial charge in [-0.05, 0) is 37.1 Å². The maximum Gasteiger partial charge on any atom is 0.168 e. The second kappa shape index (κ2) is 6.02. The number of hydrogen-bond acceptors (Lipinski definition) is 3. The molecule has 0 amide bonds. The van der Waals surface area contributed by atoms with Crippen molar-refractivity contribution in [1.82, 2.24) is 0 Å². The minimum Gasteiger partial charge on any atom is -0.496 e. The van der Waals surface area contributed by atoms with Crippen LogP contribution >= 0.6 is 11.3 Å². The fourth-order valence-electron chi connectivity index (χ4n) is 1.96. The minimum absolute atomic E-state index is 0.141. The SMILES string of the molecule is CCc1ccc(CC(=O)c2ccc(C)c(OC)c2)s1. The van der Waals surface area contributed by atoms with Gasteiger partial charge in [-0.2, -0.15) is 0 Å². The first-order valence-corrected chi connectivity index (χ1v) is 7.21. The second-order valence-electron chi connectivity index (χ2n) is 4.51. The maximum atomic E-state index is 12.2. The highest BCUT2D eigenvalue weighted by atomic mass is 32.1. The first kappa shape index (κ1) is 13.8. The molecule has 0 N–H and O–H groups in total. The van der Waals surface area contributed by atoms with Gasteiger partial charge in [0.2, 0.25) is 0 Å². The van der Waals surface area contributed by atoms with E-state index in [1.165, 1.54) is 4.88 Å². The zero-order chi connectivity index (χ0) is 13.8. The van der Waals surface area contributed by atoms with E-state index < -0.39 is 0 Å². The average Bonchev–Trinajstić information content (AvgIpc) is 2.86. The molecule has 0 fully saturated rings. The Morgan fingerprint density at radius 1 is 1.21 bits per heavy atom. The van der Waals surface area contributed by atoms with Gasteiger partial charge in [0.1, 0.15) is 5.75 Å². The molecule has 0 radical (unpaired) electrons. The molecule has 1 heterocycles. The molecule has 2 rings (SSSR count). The summed E-state index contributed by atoms with van der Waals surface area (Å²) >= 11 is 1.72. The van der Waals surface area contributed by atoms with Crippen molar-refractivity contribution in [2.24, 2.45) is 0 Å². The normalized spacial score (nSPS) is 10.5. The topological polar surface area (TPSA) is 26.3 Å². The Balaban J connectivity index is 2.15. The van der Waals surface area contributed by atoms with E-state index in [1.54, 1.807) is 18.4 Å². The van der Waals surface area contributed by atoms with Crippen molar-refractivity contribution >= 4 is 17.1 Å². The molecule has 0 bridgehead atoms. The highest BCUT2D eigenvalue weighted by Crippen LogP contribution is 2.22. The Hall–Kier alpha value is -1.61. The molecule has 2 nitrogen and oxygen atoms in total. The number of rotatable bonds is 5. The fraction of sp³-hybridized carbons (Fsp3) is 0.312. The van der Waals surface area contributed by atoms with E-state index in [9.17, 15) is 4.79 Å². The first-order valence-electron chi connectivity index (χ1n) is 6.39. The van der Waals surface area contributed by atoms with Crippen LogP contribution in [0.3, 0.4) is 0 Å². The van der Waals surface area contributed by atoms with Crippen LogP contribution in [0.15, 0.2) is 30.3 Å². The van der Waals surface area contributed by atoms with Gasteiger partial charge in [0.15, 0.2) is 5.78 Å². The van der Waals surface area contributed by atoms with Crippen LogP contribution in [0.5, 0.6) is 5.75 Å². The summed E-state index contributed by atoms with van der Waals surface area (Å²) in [6.07, 6.45) is 1.49. The molecule has 0 aliphatic heterocycles. The number of Topliss-reactive ketones (excluding diaryl/α,β-unsaturated/α-hetero) is 1.